The minimum absolute atomic E-state index is 0.0716. The zero-order valence-electron chi connectivity index (χ0n) is 12.6. The van der Waals surface area contributed by atoms with Crippen LogP contribution in [0.2, 0.25) is 5.02 Å². The van der Waals surface area contributed by atoms with E-state index in [0.717, 1.165) is 17.7 Å². The van der Waals surface area contributed by atoms with Gasteiger partial charge in [-0.1, -0.05) is 29.8 Å². The molecule has 0 bridgehead atoms. The molecular weight excluding hydrogens is 360 g/mol. The molecule has 8 heteroatoms. The fourth-order valence-corrected chi connectivity index (χ4v) is 4.86. The molecule has 24 heavy (non-hydrogen) atoms. The number of hydrogen-bond donors (Lipinski definition) is 0. The summed E-state index contributed by atoms with van der Waals surface area (Å²) in [5.41, 5.74) is 1.56. The van der Waals surface area contributed by atoms with Gasteiger partial charge < -0.3 is 4.74 Å². The van der Waals surface area contributed by atoms with E-state index in [9.17, 15) is 17.2 Å². The minimum atomic E-state index is -3.86. The first kappa shape index (κ1) is 17.0. The van der Waals surface area contributed by atoms with Gasteiger partial charge in [-0.25, -0.2) is 8.42 Å². The Morgan fingerprint density at radius 3 is 2.62 bits per heavy atom. The van der Waals surface area contributed by atoms with Crippen LogP contribution in [0, 0.1) is 0 Å². The molecule has 0 saturated heterocycles. The molecule has 1 aliphatic heterocycles. The van der Waals surface area contributed by atoms with E-state index in [1.54, 1.807) is 12.1 Å². The fourth-order valence-electron chi connectivity index (χ4n) is 2.85. The van der Waals surface area contributed by atoms with Crippen LogP contribution in [0.15, 0.2) is 47.4 Å². The quantitative estimate of drug-likeness (QED) is 0.811. The molecule has 2 aromatic rings. The van der Waals surface area contributed by atoms with Crippen LogP contribution in [0.3, 0.4) is 0 Å². The topological polar surface area (TPSA) is 46.6 Å². The number of halogens is 3. The first-order valence-electron chi connectivity index (χ1n) is 7.17. The number of sulfonamides is 1. The average Bonchev–Trinajstić information content (AvgIpc) is 2.85. The number of ether oxygens (including phenoxy) is 1. The molecular formula is C16H14ClF2NO3S. The van der Waals surface area contributed by atoms with Gasteiger partial charge >= 0.3 is 6.61 Å². The highest BCUT2D eigenvalue weighted by Gasteiger charge is 2.36. The lowest BCUT2D eigenvalue weighted by Crippen LogP contribution is -2.35. The summed E-state index contributed by atoms with van der Waals surface area (Å²) in [6.07, 6.45) is 0.607. The van der Waals surface area contributed by atoms with E-state index in [1.165, 1.54) is 10.4 Å². The van der Waals surface area contributed by atoms with E-state index < -0.39 is 16.6 Å². The van der Waals surface area contributed by atoms with Gasteiger partial charge in [0, 0.05) is 6.04 Å². The van der Waals surface area contributed by atoms with E-state index >= 15 is 0 Å². The molecule has 2 aromatic carbocycles. The van der Waals surface area contributed by atoms with Gasteiger partial charge in [-0.15, -0.1) is 0 Å². The largest absolute Gasteiger partial charge is 0.433 e. The lowest BCUT2D eigenvalue weighted by Gasteiger charge is -2.24. The summed E-state index contributed by atoms with van der Waals surface area (Å²) >= 11 is 5.88. The number of fused-ring (bicyclic) bond motifs is 1. The highest BCUT2D eigenvalue weighted by Crippen LogP contribution is 2.38. The molecule has 0 fully saturated rings. The Morgan fingerprint density at radius 2 is 1.96 bits per heavy atom. The van der Waals surface area contributed by atoms with Gasteiger partial charge in [-0.05, 0) is 43.2 Å². The Hall–Kier alpha value is -1.86. The molecule has 1 heterocycles. The fraction of sp³-hybridized carbons (Fsp3) is 0.250. The van der Waals surface area contributed by atoms with Gasteiger partial charge in [0.2, 0.25) is 0 Å². The molecule has 3 rings (SSSR count). The van der Waals surface area contributed by atoms with Gasteiger partial charge in [-0.2, -0.15) is 8.78 Å². The molecule has 0 spiro atoms. The van der Waals surface area contributed by atoms with Crippen molar-refractivity contribution in [2.45, 2.75) is 30.9 Å². The van der Waals surface area contributed by atoms with E-state index in [-0.39, 0.29) is 21.7 Å². The van der Waals surface area contributed by atoms with Crippen LogP contribution in [0.25, 0.3) is 0 Å². The second-order valence-corrected chi connectivity index (χ2v) is 7.68. The number of nitrogens with zero attached hydrogens (tertiary/aromatic N) is 1. The van der Waals surface area contributed by atoms with Crippen molar-refractivity contribution in [3.63, 3.8) is 0 Å². The predicted molar refractivity (Wildman–Crippen MR) is 87.4 cm³/mol. The zero-order chi connectivity index (χ0) is 17.5. The number of hydrogen-bond acceptors (Lipinski definition) is 3. The molecule has 128 valence electrons. The van der Waals surface area contributed by atoms with Gasteiger partial charge in [0.15, 0.2) is 0 Å². The SMILES string of the molecule is CC1Cc2ccccc2N1S(=O)(=O)c1ccc(OC(F)F)c(Cl)c1. The summed E-state index contributed by atoms with van der Waals surface area (Å²) < 4.78 is 56.1. The predicted octanol–water partition coefficient (Wildman–Crippen LogP) is 4.08. The third kappa shape index (κ3) is 2.93. The van der Waals surface area contributed by atoms with Crippen molar-refractivity contribution in [3.8, 4) is 5.75 Å². The molecule has 1 aliphatic rings. The molecule has 0 amide bonds. The third-order valence-corrected chi connectivity index (χ3v) is 6.04. The number of rotatable bonds is 4. The van der Waals surface area contributed by atoms with E-state index in [0.29, 0.717) is 12.1 Å². The summed E-state index contributed by atoms with van der Waals surface area (Å²) in [6, 6.07) is 10.5. The second kappa shape index (κ2) is 6.22. The molecule has 0 N–H and O–H groups in total. The summed E-state index contributed by atoms with van der Waals surface area (Å²) in [5.74, 6) is -0.263. The van der Waals surface area contributed by atoms with Crippen molar-refractivity contribution in [1.82, 2.24) is 0 Å². The van der Waals surface area contributed by atoms with Crippen molar-refractivity contribution in [1.29, 1.82) is 0 Å². The lowest BCUT2D eigenvalue weighted by molar-refractivity contribution is -0.0498. The highest BCUT2D eigenvalue weighted by molar-refractivity contribution is 7.92. The number of para-hydroxylation sites is 1. The molecule has 0 aromatic heterocycles. The van der Waals surface area contributed by atoms with Gasteiger partial charge in [-0.3, -0.25) is 4.31 Å². The van der Waals surface area contributed by atoms with Crippen LogP contribution in [0.5, 0.6) is 5.75 Å². The number of benzene rings is 2. The molecule has 0 aliphatic carbocycles. The summed E-state index contributed by atoms with van der Waals surface area (Å²) in [7, 11) is -3.86. The van der Waals surface area contributed by atoms with Gasteiger partial charge in [0.25, 0.3) is 10.0 Å². The monoisotopic (exact) mass is 373 g/mol. The maximum atomic E-state index is 13.0. The first-order chi connectivity index (χ1) is 11.3. The van der Waals surface area contributed by atoms with Crippen LogP contribution in [0.1, 0.15) is 12.5 Å². The Balaban J connectivity index is 2.01. The smallest absolute Gasteiger partial charge is 0.387 e. The maximum absolute atomic E-state index is 13.0. The third-order valence-electron chi connectivity index (χ3n) is 3.82. The van der Waals surface area contributed by atoms with Gasteiger partial charge in [0.05, 0.1) is 15.6 Å². The Labute approximate surface area is 143 Å². The number of alkyl halides is 2. The van der Waals surface area contributed by atoms with Crippen LogP contribution >= 0.6 is 11.6 Å². The maximum Gasteiger partial charge on any atom is 0.387 e. The number of anilines is 1. The van der Waals surface area contributed by atoms with Crippen LogP contribution in [-0.4, -0.2) is 21.1 Å². The normalized spacial score (nSPS) is 17.2. The standard InChI is InChI=1S/C16H14ClF2NO3S/c1-10-8-11-4-2-3-5-14(11)20(10)24(21,22)12-6-7-15(13(17)9-12)23-16(18)19/h2-7,9-10,16H,8H2,1H3. The summed E-state index contributed by atoms with van der Waals surface area (Å²) in [5, 5.41) is -0.184. The Morgan fingerprint density at radius 1 is 1.25 bits per heavy atom. The molecule has 0 saturated carbocycles. The molecule has 4 nitrogen and oxygen atoms in total. The second-order valence-electron chi connectivity index (χ2n) is 5.45. The van der Waals surface area contributed by atoms with Crippen LogP contribution in [-0.2, 0) is 16.4 Å². The molecule has 0 radical (unpaired) electrons. The Kier molecular flexibility index (Phi) is 4.40. The van der Waals surface area contributed by atoms with Gasteiger partial charge in [0.1, 0.15) is 5.75 Å². The van der Waals surface area contributed by atoms with E-state index in [1.807, 2.05) is 19.1 Å². The zero-order valence-corrected chi connectivity index (χ0v) is 14.2. The Bertz CT molecular complexity index is 873. The lowest BCUT2D eigenvalue weighted by atomic mass is 10.1. The van der Waals surface area contributed by atoms with E-state index in [4.69, 9.17) is 11.6 Å². The van der Waals surface area contributed by atoms with Crippen molar-refractivity contribution in [2.24, 2.45) is 0 Å². The van der Waals surface area contributed by atoms with E-state index in [2.05, 4.69) is 4.74 Å². The molecule has 1 unspecified atom stereocenters. The van der Waals surface area contributed by atoms with Crippen LogP contribution in [0.4, 0.5) is 14.5 Å². The van der Waals surface area contributed by atoms with Crippen molar-refractivity contribution < 1.29 is 21.9 Å². The van der Waals surface area contributed by atoms with Crippen molar-refractivity contribution in [3.05, 3.63) is 53.1 Å². The summed E-state index contributed by atoms with van der Waals surface area (Å²) in [6.45, 7) is -1.22. The van der Waals surface area contributed by atoms with Crippen molar-refractivity contribution >= 4 is 27.3 Å². The molecule has 1 atom stereocenters. The average molecular weight is 374 g/mol. The minimum Gasteiger partial charge on any atom is -0.433 e. The van der Waals surface area contributed by atoms with Crippen molar-refractivity contribution in [2.75, 3.05) is 4.31 Å². The highest BCUT2D eigenvalue weighted by atomic mass is 35.5. The summed E-state index contributed by atoms with van der Waals surface area (Å²) in [4.78, 5) is -0.0716. The first-order valence-corrected chi connectivity index (χ1v) is 8.99. The van der Waals surface area contributed by atoms with Crippen LogP contribution < -0.4 is 9.04 Å².